The van der Waals surface area contributed by atoms with E-state index in [0.717, 1.165) is 50.7 Å². The Hall–Kier alpha value is -3.80. The molecule has 1 fully saturated rings. The number of alkyl halides is 6. The van der Waals surface area contributed by atoms with Gasteiger partial charge in [-0.1, -0.05) is 12.5 Å². The number of pyridine rings is 2. The highest BCUT2D eigenvalue weighted by molar-refractivity contribution is 5.93. The molecule has 0 unspecified atom stereocenters. The molecule has 1 aliphatic rings. The number of rotatable bonds is 5. The van der Waals surface area contributed by atoms with Crippen LogP contribution in [0, 0.1) is 0 Å². The number of nitrogens with one attached hydrogen (secondary N) is 1. The van der Waals surface area contributed by atoms with Crippen LogP contribution in [0.4, 0.5) is 37.8 Å². The van der Waals surface area contributed by atoms with Crippen molar-refractivity contribution < 1.29 is 26.3 Å². The molecule has 12 heteroatoms. The monoisotopic (exact) mass is 532 g/mol. The second-order valence-electron chi connectivity index (χ2n) is 9.01. The van der Waals surface area contributed by atoms with Crippen LogP contribution in [0.15, 0.2) is 54.9 Å². The average Bonchev–Trinajstić information content (AvgIpc) is 2.88. The molecular formula is C26H22F6N6. The molecule has 38 heavy (non-hydrogen) atoms. The summed E-state index contributed by atoms with van der Waals surface area (Å²) >= 11 is 0. The summed E-state index contributed by atoms with van der Waals surface area (Å²) in [7, 11) is 0. The molecular weight excluding hydrogens is 510 g/mol. The lowest BCUT2D eigenvalue weighted by atomic mass is 10.0. The third-order valence-corrected chi connectivity index (χ3v) is 6.26. The number of aromatic nitrogens is 4. The lowest BCUT2D eigenvalue weighted by Crippen LogP contribution is -2.30. The number of nitrogens with zero attached hydrogens (tertiary/aromatic N) is 5. The molecule has 3 aromatic heterocycles. The van der Waals surface area contributed by atoms with Crippen molar-refractivity contribution in [2.45, 2.75) is 38.2 Å². The van der Waals surface area contributed by atoms with E-state index in [4.69, 9.17) is 0 Å². The predicted molar refractivity (Wildman–Crippen MR) is 129 cm³/mol. The van der Waals surface area contributed by atoms with Gasteiger partial charge >= 0.3 is 12.4 Å². The van der Waals surface area contributed by atoms with Crippen molar-refractivity contribution >= 4 is 22.4 Å². The Kier molecular flexibility index (Phi) is 6.91. The van der Waals surface area contributed by atoms with Gasteiger partial charge in [0.05, 0.1) is 35.2 Å². The molecule has 0 saturated carbocycles. The maximum Gasteiger partial charge on any atom is 0.433 e. The van der Waals surface area contributed by atoms with Crippen molar-refractivity contribution in [2.24, 2.45) is 0 Å². The zero-order chi connectivity index (χ0) is 26.9. The summed E-state index contributed by atoms with van der Waals surface area (Å²) in [4.78, 5) is 18.9. The smallest absolute Gasteiger partial charge is 0.338 e. The summed E-state index contributed by atoms with van der Waals surface area (Å²) in [6, 6.07) is 8.88. The molecule has 0 atom stereocenters. The highest BCUT2D eigenvalue weighted by atomic mass is 19.4. The van der Waals surface area contributed by atoms with Gasteiger partial charge in [0.25, 0.3) is 0 Å². The summed E-state index contributed by atoms with van der Waals surface area (Å²) in [5, 5.41) is 3.49. The van der Waals surface area contributed by atoms with Crippen LogP contribution in [0.3, 0.4) is 0 Å². The van der Waals surface area contributed by atoms with E-state index in [2.05, 4.69) is 30.2 Å². The van der Waals surface area contributed by atoms with Gasteiger partial charge in [0, 0.05) is 17.1 Å². The minimum atomic E-state index is -4.59. The van der Waals surface area contributed by atoms with E-state index < -0.39 is 23.6 Å². The largest absolute Gasteiger partial charge is 0.433 e. The van der Waals surface area contributed by atoms with Crippen molar-refractivity contribution in [1.82, 2.24) is 24.8 Å². The molecule has 0 spiro atoms. The van der Waals surface area contributed by atoms with Gasteiger partial charge in [-0.15, -0.1) is 0 Å². The first kappa shape index (κ1) is 25.8. The van der Waals surface area contributed by atoms with Crippen molar-refractivity contribution in [3.63, 3.8) is 0 Å². The first-order chi connectivity index (χ1) is 18.1. The van der Waals surface area contributed by atoms with Crippen molar-refractivity contribution in [2.75, 3.05) is 18.4 Å². The van der Waals surface area contributed by atoms with Crippen molar-refractivity contribution in [3.05, 3.63) is 71.9 Å². The Morgan fingerprint density at radius 2 is 1.63 bits per heavy atom. The summed E-state index contributed by atoms with van der Waals surface area (Å²) in [6.45, 7) is 2.17. The zero-order valence-corrected chi connectivity index (χ0v) is 19.9. The van der Waals surface area contributed by atoms with E-state index in [-0.39, 0.29) is 16.9 Å². The Labute approximate surface area is 213 Å². The van der Waals surface area contributed by atoms with Crippen LogP contribution in [0.5, 0.6) is 0 Å². The van der Waals surface area contributed by atoms with Gasteiger partial charge in [0.15, 0.2) is 0 Å². The highest BCUT2D eigenvalue weighted by Gasteiger charge is 2.34. The first-order valence-corrected chi connectivity index (χ1v) is 11.9. The van der Waals surface area contributed by atoms with E-state index in [0.29, 0.717) is 29.1 Å². The van der Waals surface area contributed by atoms with Crippen LogP contribution < -0.4 is 5.32 Å². The minimum Gasteiger partial charge on any atom is -0.338 e. The topological polar surface area (TPSA) is 66.8 Å². The SMILES string of the molecule is FC(F)(F)c1ccc(Nc2nc(CN3CCCCC3)nc3cc(-c4ncccc4C(F)(F)F)ccc23)cn1. The Bertz CT molecular complexity index is 1430. The molecule has 0 radical (unpaired) electrons. The normalized spacial score (nSPS) is 15.1. The summed E-state index contributed by atoms with van der Waals surface area (Å²) < 4.78 is 79.7. The average molecular weight is 532 g/mol. The lowest BCUT2D eigenvalue weighted by molar-refractivity contribution is -0.141. The molecule has 0 bridgehead atoms. The van der Waals surface area contributed by atoms with Crippen LogP contribution in [0.25, 0.3) is 22.2 Å². The second kappa shape index (κ2) is 10.2. The number of anilines is 2. The molecule has 4 heterocycles. The highest BCUT2D eigenvalue weighted by Crippen LogP contribution is 2.37. The third kappa shape index (κ3) is 5.69. The fourth-order valence-corrected chi connectivity index (χ4v) is 4.44. The molecule has 1 N–H and O–H groups in total. The number of likely N-dealkylation sites (tertiary alicyclic amines) is 1. The zero-order valence-electron chi connectivity index (χ0n) is 19.9. The molecule has 1 aromatic carbocycles. The second-order valence-corrected chi connectivity index (χ2v) is 9.01. The lowest BCUT2D eigenvalue weighted by Gasteiger charge is -2.25. The third-order valence-electron chi connectivity index (χ3n) is 6.26. The first-order valence-electron chi connectivity index (χ1n) is 11.9. The Balaban J connectivity index is 1.57. The molecule has 4 aromatic rings. The Morgan fingerprint density at radius 1 is 0.842 bits per heavy atom. The summed E-state index contributed by atoms with van der Waals surface area (Å²) in [5.74, 6) is 0.753. The number of hydrogen-bond acceptors (Lipinski definition) is 6. The summed E-state index contributed by atoms with van der Waals surface area (Å²) in [5.41, 5.74) is -1.23. The summed E-state index contributed by atoms with van der Waals surface area (Å²) in [6.07, 6.45) is -3.59. The van der Waals surface area contributed by atoms with E-state index in [1.165, 1.54) is 30.5 Å². The molecule has 1 aliphatic heterocycles. The molecule has 5 rings (SSSR count). The number of piperidine rings is 1. The molecule has 0 amide bonds. The van der Waals surface area contributed by atoms with Gasteiger partial charge < -0.3 is 5.32 Å². The van der Waals surface area contributed by atoms with Gasteiger partial charge in [-0.2, -0.15) is 26.3 Å². The van der Waals surface area contributed by atoms with Crippen molar-refractivity contribution in [1.29, 1.82) is 0 Å². The van der Waals surface area contributed by atoms with Crippen LogP contribution in [-0.4, -0.2) is 37.9 Å². The number of fused-ring (bicyclic) bond motifs is 1. The van der Waals surface area contributed by atoms with Crippen LogP contribution >= 0.6 is 0 Å². The number of halogens is 6. The molecule has 6 nitrogen and oxygen atoms in total. The van der Waals surface area contributed by atoms with Crippen molar-refractivity contribution in [3.8, 4) is 11.3 Å². The fraction of sp³-hybridized carbons (Fsp3) is 0.308. The maximum atomic E-state index is 13.6. The fourth-order valence-electron chi connectivity index (χ4n) is 4.44. The number of hydrogen-bond donors (Lipinski definition) is 1. The van der Waals surface area contributed by atoms with Crippen LogP contribution in [0.2, 0.25) is 0 Å². The minimum absolute atomic E-state index is 0.223. The van der Waals surface area contributed by atoms with E-state index in [9.17, 15) is 26.3 Å². The van der Waals surface area contributed by atoms with E-state index >= 15 is 0 Å². The van der Waals surface area contributed by atoms with E-state index in [1.807, 2.05) is 0 Å². The molecule has 1 saturated heterocycles. The van der Waals surface area contributed by atoms with Gasteiger partial charge in [0.1, 0.15) is 17.3 Å². The predicted octanol–water partition coefficient (Wildman–Crippen LogP) is 6.85. The number of benzene rings is 1. The van der Waals surface area contributed by atoms with Gasteiger partial charge in [-0.3, -0.25) is 9.88 Å². The van der Waals surface area contributed by atoms with Gasteiger partial charge in [-0.05, 0) is 62.3 Å². The maximum absolute atomic E-state index is 13.6. The quantitative estimate of drug-likeness (QED) is 0.284. The van der Waals surface area contributed by atoms with E-state index in [1.54, 1.807) is 6.07 Å². The molecule has 0 aliphatic carbocycles. The van der Waals surface area contributed by atoms with Gasteiger partial charge in [0.2, 0.25) is 0 Å². The van der Waals surface area contributed by atoms with Gasteiger partial charge in [-0.25, -0.2) is 15.0 Å². The Morgan fingerprint density at radius 3 is 2.32 bits per heavy atom. The standard InChI is InChI=1S/C26H22F6N6/c27-25(28,29)19-5-4-10-33-23(19)16-6-8-18-20(13-16)36-22(15-38-11-2-1-3-12-38)37-24(18)35-17-7-9-21(34-14-17)26(30,31)32/h4-10,13-14H,1-3,11-12,15H2,(H,35,36,37). The van der Waals surface area contributed by atoms with Crippen LogP contribution in [-0.2, 0) is 18.9 Å². The van der Waals surface area contributed by atoms with Crippen LogP contribution in [0.1, 0.15) is 36.3 Å². The molecule has 198 valence electrons.